The van der Waals surface area contributed by atoms with Crippen molar-refractivity contribution in [2.75, 3.05) is 7.05 Å². The molecule has 1 N–H and O–H groups in total. The van der Waals surface area contributed by atoms with Gasteiger partial charge in [-0.15, -0.1) is 0 Å². The van der Waals surface area contributed by atoms with Gasteiger partial charge in [-0.1, -0.05) is 20.8 Å². The highest BCUT2D eigenvalue weighted by Crippen LogP contribution is 2.36. The maximum atomic E-state index is 11.9. The normalized spacial score (nSPS) is 15.3. The molecule has 0 radical (unpaired) electrons. The molecule has 18 heavy (non-hydrogen) atoms. The lowest BCUT2D eigenvalue weighted by Crippen LogP contribution is -2.26. The highest BCUT2D eigenvalue weighted by Gasteiger charge is 2.30. The van der Waals surface area contributed by atoms with Crippen molar-refractivity contribution < 1.29 is 9.53 Å². The second kappa shape index (κ2) is 4.59. The van der Waals surface area contributed by atoms with Gasteiger partial charge in [0, 0.05) is 18.8 Å². The highest BCUT2D eigenvalue weighted by molar-refractivity contribution is 5.94. The van der Waals surface area contributed by atoms with E-state index >= 15 is 0 Å². The van der Waals surface area contributed by atoms with Crippen molar-refractivity contribution in [3.8, 4) is 5.75 Å². The Morgan fingerprint density at radius 1 is 1.44 bits per heavy atom. The van der Waals surface area contributed by atoms with E-state index in [0.29, 0.717) is 11.8 Å². The molecular formula is C14H20N2O2. The molecule has 4 nitrogen and oxygen atoms in total. The number of carbonyl (C=O) groups excluding carboxylic acids is 1. The third-order valence-corrected chi connectivity index (χ3v) is 2.92. The Morgan fingerprint density at radius 2 is 2.11 bits per heavy atom. The molecule has 1 fully saturated rings. The standard InChI is InChI=1S/C14H20N2O2/c1-14(2,3)11-10(18-9-5-6-9)7-8-16-12(11)13(17)15-4/h7-9H,5-6H2,1-4H3,(H,15,17). The van der Waals surface area contributed by atoms with Crippen LogP contribution in [-0.2, 0) is 5.41 Å². The van der Waals surface area contributed by atoms with Gasteiger partial charge >= 0.3 is 0 Å². The van der Waals surface area contributed by atoms with E-state index in [1.807, 2.05) is 6.07 Å². The SMILES string of the molecule is CNC(=O)c1nccc(OC2CC2)c1C(C)(C)C. The maximum absolute atomic E-state index is 11.9. The van der Waals surface area contributed by atoms with E-state index in [1.165, 1.54) is 0 Å². The number of ether oxygens (including phenoxy) is 1. The van der Waals surface area contributed by atoms with Crippen LogP contribution in [-0.4, -0.2) is 24.0 Å². The number of hydrogen-bond donors (Lipinski definition) is 1. The zero-order valence-corrected chi connectivity index (χ0v) is 11.4. The van der Waals surface area contributed by atoms with Crippen LogP contribution in [0, 0.1) is 0 Å². The Hall–Kier alpha value is -1.58. The maximum Gasteiger partial charge on any atom is 0.270 e. The van der Waals surface area contributed by atoms with Crippen LogP contribution in [0.15, 0.2) is 12.3 Å². The van der Waals surface area contributed by atoms with Crippen molar-refractivity contribution in [2.45, 2.75) is 45.1 Å². The summed E-state index contributed by atoms with van der Waals surface area (Å²) in [5.74, 6) is 0.625. The molecule has 1 amide bonds. The molecule has 0 bridgehead atoms. The first-order valence-corrected chi connectivity index (χ1v) is 6.31. The molecular weight excluding hydrogens is 228 g/mol. The van der Waals surface area contributed by atoms with E-state index in [1.54, 1.807) is 13.2 Å². The molecule has 1 aliphatic carbocycles. The minimum Gasteiger partial charge on any atom is -0.490 e. The van der Waals surface area contributed by atoms with Gasteiger partial charge in [0.2, 0.25) is 0 Å². The lowest BCUT2D eigenvalue weighted by Gasteiger charge is -2.24. The van der Waals surface area contributed by atoms with E-state index in [2.05, 4.69) is 31.1 Å². The van der Waals surface area contributed by atoms with Crippen molar-refractivity contribution in [1.29, 1.82) is 0 Å². The molecule has 0 atom stereocenters. The Kier molecular flexibility index (Phi) is 3.28. The molecule has 1 aromatic heterocycles. The molecule has 4 heteroatoms. The van der Waals surface area contributed by atoms with Crippen LogP contribution >= 0.6 is 0 Å². The zero-order valence-electron chi connectivity index (χ0n) is 11.4. The summed E-state index contributed by atoms with van der Waals surface area (Å²) < 4.78 is 5.90. The molecule has 1 saturated carbocycles. The van der Waals surface area contributed by atoms with Gasteiger partial charge in [0.15, 0.2) is 0 Å². The first kappa shape index (κ1) is 12.9. The molecule has 0 aromatic carbocycles. The van der Waals surface area contributed by atoms with Crippen molar-refractivity contribution in [2.24, 2.45) is 0 Å². The number of carbonyl (C=O) groups is 1. The zero-order chi connectivity index (χ0) is 13.3. The Labute approximate surface area is 108 Å². The van der Waals surface area contributed by atoms with E-state index in [-0.39, 0.29) is 11.3 Å². The summed E-state index contributed by atoms with van der Waals surface area (Å²) >= 11 is 0. The predicted molar refractivity (Wildman–Crippen MR) is 70.0 cm³/mol. The number of hydrogen-bond acceptors (Lipinski definition) is 3. The van der Waals surface area contributed by atoms with Gasteiger partial charge in [0.1, 0.15) is 11.4 Å². The number of nitrogens with one attached hydrogen (secondary N) is 1. The summed E-state index contributed by atoms with van der Waals surface area (Å²) in [5.41, 5.74) is 1.17. The number of amides is 1. The lowest BCUT2D eigenvalue weighted by molar-refractivity contribution is 0.0954. The van der Waals surface area contributed by atoms with Crippen LogP contribution in [0.2, 0.25) is 0 Å². The Balaban J connectivity index is 2.48. The quantitative estimate of drug-likeness (QED) is 0.892. The smallest absolute Gasteiger partial charge is 0.270 e. The monoisotopic (exact) mass is 248 g/mol. The van der Waals surface area contributed by atoms with E-state index in [0.717, 1.165) is 24.2 Å². The summed E-state index contributed by atoms with van der Waals surface area (Å²) in [4.78, 5) is 16.1. The fraction of sp³-hybridized carbons (Fsp3) is 0.571. The summed E-state index contributed by atoms with van der Waals surface area (Å²) in [6, 6.07) is 1.85. The minimum absolute atomic E-state index is 0.166. The fourth-order valence-corrected chi connectivity index (χ4v) is 1.92. The summed E-state index contributed by atoms with van der Waals surface area (Å²) in [5, 5.41) is 2.63. The van der Waals surface area contributed by atoms with Gasteiger partial charge in [0.25, 0.3) is 5.91 Å². The Morgan fingerprint density at radius 3 is 2.61 bits per heavy atom. The average molecular weight is 248 g/mol. The average Bonchev–Trinajstić information content (AvgIpc) is 3.10. The first-order chi connectivity index (χ1) is 8.43. The highest BCUT2D eigenvalue weighted by atomic mass is 16.5. The van der Waals surface area contributed by atoms with Crippen LogP contribution in [0.5, 0.6) is 5.75 Å². The van der Waals surface area contributed by atoms with Crippen LogP contribution in [0.1, 0.15) is 49.7 Å². The van der Waals surface area contributed by atoms with Gasteiger partial charge < -0.3 is 10.1 Å². The Bertz CT molecular complexity index is 459. The summed E-state index contributed by atoms with van der Waals surface area (Å²) in [6.45, 7) is 6.20. The third-order valence-electron chi connectivity index (χ3n) is 2.92. The van der Waals surface area contributed by atoms with Crippen LogP contribution in [0.25, 0.3) is 0 Å². The van der Waals surface area contributed by atoms with Crippen molar-refractivity contribution >= 4 is 5.91 Å². The van der Waals surface area contributed by atoms with E-state index in [4.69, 9.17) is 4.74 Å². The molecule has 0 spiro atoms. The molecule has 1 aromatic rings. The van der Waals surface area contributed by atoms with Gasteiger partial charge in [0.05, 0.1) is 6.10 Å². The summed E-state index contributed by atoms with van der Waals surface area (Å²) in [6.07, 6.45) is 4.14. The van der Waals surface area contributed by atoms with Crippen LogP contribution in [0.4, 0.5) is 0 Å². The van der Waals surface area contributed by atoms with Gasteiger partial charge in [-0.25, -0.2) is 0 Å². The number of rotatable bonds is 3. The van der Waals surface area contributed by atoms with Crippen LogP contribution < -0.4 is 10.1 Å². The lowest BCUT2D eigenvalue weighted by atomic mass is 9.85. The predicted octanol–water partition coefficient (Wildman–Crippen LogP) is 2.28. The molecule has 0 aliphatic heterocycles. The van der Waals surface area contributed by atoms with Crippen molar-refractivity contribution in [3.05, 3.63) is 23.5 Å². The summed E-state index contributed by atoms with van der Waals surface area (Å²) in [7, 11) is 1.62. The number of pyridine rings is 1. The fourth-order valence-electron chi connectivity index (χ4n) is 1.92. The van der Waals surface area contributed by atoms with E-state index in [9.17, 15) is 4.79 Å². The topological polar surface area (TPSA) is 51.2 Å². The molecule has 1 aliphatic rings. The number of aromatic nitrogens is 1. The molecule has 0 saturated heterocycles. The second-order valence-electron chi connectivity index (χ2n) is 5.68. The van der Waals surface area contributed by atoms with E-state index < -0.39 is 0 Å². The van der Waals surface area contributed by atoms with Gasteiger partial charge in [-0.05, 0) is 24.3 Å². The molecule has 0 unspecified atom stereocenters. The first-order valence-electron chi connectivity index (χ1n) is 6.31. The van der Waals surface area contributed by atoms with Gasteiger partial charge in [-0.3, -0.25) is 9.78 Å². The van der Waals surface area contributed by atoms with Crippen molar-refractivity contribution in [1.82, 2.24) is 10.3 Å². The molecule has 1 heterocycles. The molecule has 98 valence electrons. The third kappa shape index (κ3) is 2.63. The van der Waals surface area contributed by atoms with Crippen molar-refractivity contribution in [3.63, 3.8) is 0 Å². The minimum atomic E-state index is -0.180. The molecule has 2 rings (SSSR count). The number of nitrogens with zero attached hydrogens (tertiary/aromatic N) is 1. The van der Waals surface area contributed by atoms with Gasteiger partial charge in [-0.2, -0.15) is 0 Å². The second-order valence-corrected chi connectivity index (χ2v) is 5.68. The van der Waals surface area contributed by atoms with Crippen LogP contribution in [0.3, 0.4) is 0 Å². The largest absolute Gasteiger partial charge is 0.490 e.